The van der Waals surface area contributed by atoms with Crippen LogP contribution in [0.3, 0.4) is 0 Å². The predicted molar refractivity (Wildman–Crippen MR) is 24.5 cm³/mol. The molecule has 1 rings (SSSR count). The van der Waals surface area contributed by atoms with E-state index >= 15 is 0 Å². The van der Waals surface area contributed by atoms with Crippen LogP contribution in [-0.4, -0.2) is 53.3 Å². The number of epoxide rings is 1. The summed E-state index contributed by atoms with van der Waals surface area (Å²) in [5.74, 6) is -0.852. The second-order valence-corrected chi connectivity index (χ2v) is 1.16. The molecular formula is C3H5NaO3. The normalized spacial score (nSPS) is 25.4. The van der Waals surface area contributed by atoms with Crippen LogP contribution in [0.25, 0.3) is 0 Å². The van der Waals surface area contributed by atoms with Crippen molar-refractivity contribution < 1.29 is 14.6 Å². The van der Waals surface area contributed by atoms with Crippen molar-refractivity contribution >= 4 is 35.5 Å². The molecule has 1 heterocycles. The predicted octanol–water partition coefficient (Wildman–Crippen LogP) is -1.18. The standard InChI is InChI=1S/C3H4O3.Na.H/c4-3(5)2-1-6-2;;/h2H,1H2,(H,4,5);;/t2-;;/m0../s1. The third kappa shape index (κ3) is 2.29. The molecule has 0 spiro atoms. The van der Waals surface area contributed by atoms with Crippen LogP contribution in [0.15, 0.2) is 0 Å². The fourth-order valence-corrected chi connectivity index (χ4v) is 0.191. The van der Waals surface area contributed by atoms with E-state index in [4.69, 9.17) is 5.11 Å². The number of aliphatic carboxylic acids is 1. The van der Waals surface area contributed by atoms with Gasteiger partial charge in [-0.05, 0) is 0 Å². The molecule has 4 heteroatoms. The summed E-state index contributed by atoms with van der Waals surface area (Å²) in [5, 5.41) is 7.93. The zero-order valence-corrected chi connectivity index (χ0v) is 3.05. The van der Waals surface area contributed by atoms with Gasteiger partial charge in [0.1, 0.15) is 0 Å². The molecule has 36 valence electrons. The molecule has 0 aromatic carbocycles. The fraction of sp³-hybridized carbons (Fsp3) is 0.667. The van der Waals surface area contributed by atoms with E-state index in [1.54, 1.807) is 0 Å². The van der Waals surface area contributed by atoms with Crippen LogP contribution in [-0.2, 0) is 9.53 Å². The molecule has 0 bridgehead atoms. The van der Waals surface area contributed by atoms with Crippen LogP contribution in [0.4, 0.5) is 0 Å². The average Bonchev–Trinajstić information content (AvgIpc) is 2.06. The second kappa shape index (κ2) is 2.67. The van der Waals surface area contributed by atoms with E-state index in [0.29, 0.717) is 6.61 Å². The third-order valence-corrected chi connectivity index (χ3v) is 0.609. The van der Waals surface area contributed by atoms with Crippen molar-refractivity contribution in [2.75, 3.05) is 6.61 Å². The van der Waals surface area contributed by atoms with Crippen LogP contribution in [0.5, 0.6) is 0 Å². The minimum atomic E-state index is -0.852. The van der Waals surface area contributed by atoms with Crippen molar-refractivity contribution in [3.63, 3.8) is 0 Å². The van der Waals surface area contributed by atoms with Crippen LogP contribution in [0.1, 0.15) is 0 Å². The molecule has 0 amide bonds. The summed E-state index contributed by atoms with van der Waals surface area (Å²) in [4.78, 5) is 9.64. The number of hydrogen-bond acceptors (Lipinski definition) is 2. The molecule has 0 radical (unpaired) electrons. The summed E-state index contributed by atoms with van der Waals surface area (Å²) in [6, 6.07) is 0. The van der Waals surface area contributed by atoms with Gasteiger partial charge in [-0.25, -0.2) is 4.79 Å². The molecular weight excluding hydrogens is 107 g/mol. The number of ether oxygens (including phenoxy) is 1. The number of hydrogen-bond donors (Lipinski definition) is 1. The quantitative estimate of drug-likeness (QED) is 0.343. The molecule has 3 nitrogen and oxygen atoms in total. The fourth-order valence-electron chi connectivity index (χ4n) is 0.191. The number of carbonyl (C=O) groups is 1. The van der Waals surface area contributed by atoms with Gasteiger partial charge in [0.15, 0.2) is 6.10 Å². The van der Waals surface area contributed by atoms with Crippen molar-refractivity contribution in [1.82, 2.24) is 0 Å². The van der Waals surface area contributed by atoms with Gasteiger partial charge in [0.05, 0.1) is 6.61 Å². The Kier molecular flexibility index (Phi) is 2.83. The summed E-state index contributed by atoms with van der Waals surface area (Å²) in [5.41, 5.74) is 0. The van der Waals surface area contributed by atoms with Gasteiger partial charge in [0, 0.05) is 0 Å². The van der Waals surface area contributed by atoms with Crippen LogP contribution in [0, 0.1) is 0 Å². The van der Waals surface area contributed by atoms with E-state index in [-0.39, 0.29) is 29.6 Å². The van der Waals surface area contributed by atoms with E-state index in [0.717, 1.165) is 0 Å². The molecule has 7 heavy (non-hydrogen) atoms. The molecule has 0 aromatic heterocycles. The van der Waals surface area contributed by atoms with E-state index in [1.165, 1.54) is 0 Å². The van der Waals surface area contributed by atoms with E-state index in [1.807, 2.05) is 0 Å². The Balaban J connectivity index is 0.000000360. The van der Waals surface area contributed by atoms with Crippen molar-refractivity contribution in [3.05, 3.63) is 0 Å². The van der Waals surface area contributed by atoms with Gasteiger partial charge in [-0.1, -0.05) is 0 Å². The summed E-state index contributed by atoms with van der Waals surface area (Å²) in [6.07, 6.45) is -0.481. The third-order valence-electron chi connectivity index (χ3n) is 0.609. The zero-order valence-electron chi connectivity index (χ0n) is 3.05. The maximum atomic E-state index is 9.64. The minimum absolute atomic E-state index is 0. The zero-order chi connectivity index (χ0) is 4.57. The summed E-state index contributed by atoms with van der Waals surface area (Å²) < 4.78 is 4.37. The summed E-state index contributed by atoms with van der Waals surface area (Å²) >= 11 is 0. The molecule has 1 aliphatic rings. The molecule has 1 fully saturated rings. The first-order chi connectivity index (χ1) is 2.80. The van der Waals surface area contributed by atoms with Crippen molar-refractivity contribution in [1.29, 1.82) is 0 Å². The van der Waals surface area contributed by atoms with Gasteiger partial charge in [0.25, 0.3) is 0 Å². The topological polar surface area (TPSA) is 49.8 Å². The molecule has 0 aromatic rings. The SMILES string of the molecule is O=C(O)[C@@H]1CO1.[NaH]. The van der Waals surface area contributed by atoms with Crippen LogP contribution >= 0.6 is 0 Å². The molecule has 0 aliphatic carbocycles. The van der Waals surface area contributed by atoms with Crippen molar-refractivity contribution in [3.8, 4) is 0 Å². The Hall–Kier alpha value is 0.430. The van der Waals surface area contributed by atoms with Crippen LogP contribution in [0.2, 0.25) is 0 Å². The monoisotopic (exact) mass is 112 g/mol. The van der Waals surface area contributed by atoms with Gasteiger partial charge in [-0.15, -0.1) is 0 Å². The van der Waals surface area contributed by atoms with E-state index in [9.17, 15) is 4.79 Å². The number of carboxylic acids is 1. The number of carboxylic acid groups (broad SMARTS) is 1. The average molecular weight is 112 g/mol. The van der Waals surface area contributed by atoms with E-state index in [2.05, 4.69) is 4.74 Å². The Bertz CT molecular complexity index is 78.2. The van der Waals surface area contributed by atoms with Gasteiger partial charge in [-0.3, -0.25) is 0 Å². The van der Waals surface area contributed by atoms with Gasteiger partial charge < -0.3 is 9.84 Å². The van der Waals surface area contributed by atoms with Crippen LogP contribution < -0.4 is 0 Å². The first kappa shape index (κ1) is 7.43. The molecule has 1 N–H and O–H groups in total. The Morgan fingerprint density at radius 2 is 2.29 bits per heavy atom. The molecule has 0 unspecified atom stereocenters. The molecule has 1 saturated heterocycles. The molecule has 0 saturated carbocycles. The van der Waals surface area contributed by atoms with Crippen molar-refractivity contribution in [2.45, 2.75) is 6.10 Å². The van der Waals surface area contributed by atoms with Gasteiger partial charge in [0.2, 0.25) is 0 Å². The Morgan fingerprint density at radius 3 is 2.29 bits per heavy atom. The Labute approximate surface area is 62.9 Å². The molecule has 1 atom stereocenters. The van der Waals surface area contributed by atoms with E-state index < -0.39 is 12.1 Å². The maximum absolute atomic E-state index is 9.64. The summed E-state index contributed by atoms with van der Waals surface area (Å²) in [6.45, 7) is 0.398. The summed E-state index contributed by atoms with van der Waals surface area (Å²) in [7, 11) is 0. The van der Waals surface area contributed by atoms with Gasteiger partial charge in [-0.2, -0.15) is 0 Å². The Morgan fingerprint density at radius 1 is 1.86 bits per heavy atom. The molecule has 1 aliphatic heterocycles. The first-order valence-corrected chi connectivity index (χ1v) is 1.65. The van der Waals surface area contributed by atoms with Crippen molar-refractivity contribution in [2.24, 2.45) is 0 Å². The first-order valence-electron chi connectivity index (χ1n) is 1.65. The second-order valence-electron chi connectivity index (χ2n) is 1.16. The number of rotatable bonds is 1. The van der Waals surface area contributed by atoms with Gasteiger partial charge >= 0.3 is 35.5 Å².